The number of rotatable bonds is 3. The second-order valence-electron chi connectivity index (χ2n) is 6.27. The summed E-state index contributed by atoms with van der Waals surface area (Å²) in [6.07, 6.45) is 5.52. The van der Waals surface area contributed by atoms with Crippen molar-refractivity contribution >= 4 is 21.8 Å². The second-order valence-corrected chi connectivity index (χ2v) is 8.51. The van der Waals surface area contributed by atoms with Crippen LogP contribution in [0.25, 0.3) is 0 Å². The van der Waals surface area contributed by atoms with E-state index in [1.807, 2.05) is 0 Å². The zero-order valence-electron chi connectivity index (χ0n) is 11.3. The Morgan fingerprint density at radius 2 is 1.53 bits per heavy atom. The van der Waals surface area contributed by atoms with Crippen molar-refractivity contribution in [3.05, 3.63) is 0 Å². The van der Waals surface area contributed by atoms with E-state index in [1.165, 1.54) is 19.3 Å². The van der Waals surface area contributed by atoms with Gasteiger partial charge in [0.1, 0.15) is 0 Å². The van der Waals surface area contributed by atoms with Gasteiger partial charge >= 0.3 is 0 Å². The van der Waals surface area contributed by atoms with Crippen molar-refractivity contribution in [1.29, 1.82) is 0 Å². The molecule has 0 spiro atoms. The number of hydrogen-bond donors (Lipinski definition) is 0. The van der Waals surface area contributed by atoms with E-state index in [0.717, 1.165) is 25.9 Å². The maximum atomic E-state index is 12.6. The summed E-state index contributed by atoms with van der Waals surface area (Å²) >= 11 is 5.86. The molecule has 3 rings (SSSR count). The molecule has 0 amide bonds. The fraction of sp³-hybridized carbons (Fsp3) is 1.00. The van der Waals surface area contributed by atoms with E-state index in [4.69, 9.17) is 11.6 Å². The van der Waals surface area contributed by atoms with Crippen molar-refractivity contribution in [2.24, 2.45) is 17.8 Å². The Labute approximate surface area is 121 Å². The molecule has 0 aromatic carbocycles. The van der Waals surface area contributed by atoms with Gasteiger partial charge in [-0.05, 0) is 43.4 Å². The molecule has 2 aliphatic heterocycles. The van der Waals surface area contributed by atoms with Crippen LogP contribution in [0.15, 0.2) is 0 Å². The summed E-state index contributed by atoms with van der Waals surface area (Å²) in [6.45, 7) is 2.79. The molecule has 2 atom stereocenters. The number of piperidine rings is 1. The highest BCUT2D eigenvalue weighted by Crippen LogP contribution is 2.39. The summed E-state index contributed by atoms with van der Waals surface area (Å²) in [7, 11) is -3.21. The van der Waals surface area contributed by atoms with E-state index in [-0.39, 0.29) is 0 Å². The Kier molecular flexibility index (Phi) is 4.09. The van der Waals surface area contributed by atoms with Gasteiger partial charge in [0.2, 0.25) is 0 Å². The lowest BCUT2D eigenvalue weighted by atomic mass is 10.0. The first kappa shape index (κ1) is 14.1. The van der Waals surface area contributed by atoms with Crippen LogP contribution >= 0.6 is 11.6 Å². The number of halogens is 1. The SMILES string of the molecule is O=S(=O)(N1CCC(CCl)CC1)N1CC2CCCC2C1. The minimum atomic E-state index is -3.21. The first-order chi connectivity index (χ1) is 9.11. The highest BCUT2D eigenvalue weighted by atomic mass is 35.5. The van der Waals surface area contributed by atoms with Gasteiger partial charge in [0.15, 0.2) is 0 Å². The van der Waals surface area contributed by atoms with Gasteiger partial charge < -0.3 is 0 Å². The Morgan fingerprint density at radius 1 is 0.947 bits per heavy atom. The lowest BCUT2D eigenvalue weighted by molar-refractivity contribution is 0.270. The molecular weight excluding hydrogens is 284 g/mol. The van der Waals surface area contributed by atoms with E-state index < -0.39 is 10.2 Å². The first-order valence-corrected chi connectivity index (χ1v) is 9.35. The van der Waals surface area contributed by atoms with Gasteiger partial charge in [-0.15, -0.1) is 11.6 Å². The van der Waals surface area contributed by atoms with Gasteiger partial charge in [0, 0.05) is 32.1 Å². The minimum absolute atomic E-state index is 0.492. The van der Waals surface area contributed by atoms with Crippen LogP contribution in [0.5, 0.6) is 0 Å². The molecule has 0 aromatic heterocycles. The zero-order valence-corrected chi connectivity index (χ0v) is 12.9. The van der Waals surface area contributed by atoms with Crippen LogP contribution < -0.4 is 0 Å². The highest BCUT2D eigenvalue weighted by molar-refractivity contribution is 7.86. The lowest BCUT2D eigenvalue weighted by Crippen LogP contribution is -2.46. The van der Waals surface area contributed by atoms with Gasteiger partial charge in [-0.2, -0.15) is 17.0 Å². The molecule has 0 N–H and O–H groups in total. The van der Waals surface area contributed by atoms with Crippen LogP contribution in [0.2, 0.25) is 0 Å². The third kappa shape index (κ3) is 2.67. The molecule has 3 aliphatic rings. The number of hydrogen-bond acceptors (Lipinski definition) is 2. The molecule has 110 valence electrons. The average Bonchev–Trinajstić information content (AvgIpc) is 2.99. The molecule has 2 heterocycles. The topological polar surface area (TPSA) is 40.6 Å². The molecule has 4 nitrogen and oxygen atoms in total. The van der Waals surface area contributed by atoms with Gasteiger partial charge in [-0.3, -0.25) is 0 Å². The van der Waals surface area contributed by atoms with Crippen LogP contribution in [0, 0.1) is 17.8 Å². The van der Waals surface area contributed by atoms with Crippen molar-refractivity contribution in [3.8, 4) is 0 Å². The van der Waals surface area contributed by atoms with Gasteiger partial charge in [-0.25, -0.2) is 0 Å². The molecule has 1 aliphatic carbocycles. The molecule has 1 saturated carbocycles. The number of fused-ring (bicyclic) bond motifs is 1. The molecule has 0 aromatic rings. The van der Waals surface area contributed by atoms with Gasteiger partial charge in [0.05, 0.1) is 0 Å². The fourth-order valence-corrected chi connectivity index (χ4v) is 5.91. The smallest absolute Gasteiger partial charge is 0.195 e. The summed E-state index contributed by atoms with van der Waals surface area (Å²) in [5, 5.41) is 0. The third-order valence-electron chi connectivity index (χ3n) is 5.14. The average molecular weight is 307 g/mol. The third-order valence-corrected chi connectivity index (χ3v) is 7.54. The normalized spacial score (nSPS) is 34.8. The molecule has 2 saturated heterocycles. The maximum Gasteiger partial charge on any atom is 0.281 e. The van der Waals surface area contributed by atoms with Crippen molar-refractivity contribution in [2.75, 3.05) is 32.1 Å². The van der Waals surface area contributed by atoms with Crippen molar-refractivity contribution in [1.82, 2.24) is 8.61 Å². The van der Waals surface area contributed by atoms with Crippen LogP contribution in [-0.2, 0) is 10.2 Å². The monoisotopic (exact) mass is 306 g/mol. The Hall–Kier alpha value is 0.160. The lowest BCUT2D eigenvalue weighted by Gasteiger charge is -2.33. The van der Waals surface area contributed by atoms with E-state index in [9.17, 15) is 8.42 Å². The predicted octanol–water partition coefficient (Wildman–Crippen LogP) is 1.91. The summed E-state index contributed by atoms with van der Waals surface area (Å²) in [5.74, 6) is 2.39. The summed E-state index contributed by atoms with van der Waals surface area (Å²) in [6, 6.07) is 0. The predicted molar refractivity (Wildman–Crippen MR) is 76.3 cm³/mol. The standard InChI is InChI=1S/C13H23ClN2O2S/c14-8-11-4-6-15(7-5-11)19(17,18)16-9-12-2-1-3-13(12)10-16/h11-13H,1-10H2. The Morgan fingerprint density at radius 3 is 2.05 bits per heavy atom. The maximum absolute atomic E-state index is 12.6. The Bertz CT molecular complexity index is 408. The van der Waals surface area contributed by atoms with E-state index >= 15 is 0 Å². The summed E-state index contributed by atoms with van der Waals surface area (Å²) in [5.41, 5.74) is 0. The van der Waals surface area contributed by atoms with Crippen LogP contribution in [0.4, 0.5) is 0 Å². The highest BCUT2D eigenvalue weighted by Gasteiger charge is 2.43. The Balaban J connectivity index is 1.64. The van der Waals surface area contributed by atoms with Crippen LogP contribution in [0.3, 0.4) is 0 Å². The minimum Gasteiger partial charge on any atom is -0.195 e. The quantitative estimate of drug-likeness (QED) is 0.747. The van der Waals surface area contributed by atoms with Gasteiger partial charge in [-0.1, -0.05) is 6.42 Å². The van der Waals surface area contributed by atoms with E-state index in [0.29, 0.717) is 36.7 Å². The molecule has 6 heteroatoms. The van der Waals surface area contributed by atoms with E-state index in [1.54, 1.807) is 8.61 Å². The van der Waals surface area contributed by atoms with Crippen LogP contribution in [0.1, 0.15) is 32.1 Å². The first-order valence-electron chi connectivity index (χ1n) is 7.42. The molecule has 0 radical (unpaired) electrons. The largest absolute Gasteiger partial charge is 0.281 e. The van der Waals surface area contributed by atoms with E-state index in [2.05, 4.69) is 0 Å². The zero-order chi connectivity index (χ0) is 13.5. The summed E-state index contributed by atoms with van der Waals surface area (Å²) < 4.78 is 28.7. The van der Waals surface area contributed by atoms with Crippen molar-refractivity contribution in [3.63, 3.8) is 0 Å². The molecule has 0 bridgehead atoms. The fourth-order valence-electron chi connectivity index (χ4n) is 3.84. The summed E-state index contributed by atoms with van der Waals surface area (Å²) in [4.78, 5) is 0. The number of alkyl halides is 1. The molecule has 2 unspecified atom stereocenters. The molecule has 19 heavy (non-hydrogen) atoms. The second kappa shape index (κ2) is 5.51. The van der Waals surface area contributed by atoms with Crippen molar-refractivity contribution in [2.45, 2.75) is 32.1 Å². The molecular formula is C13H23ClN2O2S. The van der Waals surface area contributed by atoms with Crippen molar-refractivity contribution < 1.29 is 8.42 Å². The van der Waals surface area contributed by atoms with Crippen LogP contribution in [-0.4, -0.2) is 49.1 Å². The van der Waals surface area contributed by atoms with Gasteiger partial charge in [0.25, 0.3) is 10.2 Å². The molecule has 3 fully saturated rings. The number of nitrogens with zero attached hydrogens (tertiary/aromatic N) is 2.